The Bertz CT molecular complexity index is 954. The first-order chi connectivity index (χ1) is 14.4. The summed E-state index contributed by atoms with van der Waals surface area (Å²) in [6, 6.07) is -0.877. The number of hydrogen-bond acceptors (Lipinski definition) is 10. The molecule has 3 heterocycles. The third-order valence-corrected chi connectivity index (χ3v) is 7.08. The number of fused-ring (bicyclic) bond motifs is 1. The molecule has 160 valence electrons. The number of nitrogen functional groups attached to an aromatic ring is 1. The zero-order chi connectivity index (χ0) is 21.4. The summed E-state index contributed by atoms with van der Waals surface area (Å²) in [5.41, 5.74) is 6.05. The lowest BCUT2D eigenvalue weighted by Gasteiger charge is -2.49. The number of carboxylic acids is 1. The Morgan fingerprint density at radius 3 is 2.73 bits per heavy atom. The van der Waals surface area contributed by atoms with Crippen molar-refractivity contribution in [3.63, 3.8) is 0 Å². The van der Waals surface area contributed by atoms with E-state index in [0.29, 0.717) is 11.3 Å². The van der Waals surface area contributed by atoms with Crippen molar-refractivity contribution < 1.29 is 24.3 Å². The molecule has 1 saturated carbocycles. The number of amides is 2. The number of rotatable bonds is 6. The minimum absolute atomic E-state index is 0.0230. The van der Waals surface area contributed by atoms with E-state index >= 15 is 0 Å². The van der Waals surface area contributed by atoms with Gasteiger partial charge in [0.15, 0.2) is 5.13 Å². The molecular formula is C17H20N6O5S2. The van der Waals surface area contributed by atoms with Crippen molar-refractivity contribution in [3.8, 4) is 0 Å². The molecule has 4 rings (SSSR count). The molecule has 2 aliphatic heterocycles. The van der Waals surface area contributed by atoms with Gasteiger partial charge in [-0.15, -0.1) is 11.8 Å². The quantitative estimate of drug-likeness (QED) is 0.318. The molecule has 0 spiro atoms. The average molecular weight is 453 g/mol. The number of oxime groups is 1. The maximum Gasteiger partial charge on any atom is 0.352 e. The number of thioether (sulfide) groups is 1. The highest BCUT2D eigenvalue weighted by Crippen LogP contribution is 2.40. The Morgan fingerprint density at radius 2 is 2.10 bits per heavy atom. The predicted molar refractivity (Wildman–Crippen MR) is 110 cm³/mol. The Balaban J connectivity index is 1.51. The molecule has 2 atom stereocenters. The maximum absolute atomic E-state index is 12.9. The first-order valence-electron chi connectivity index (χ1n) is 9.38. The van der Waals surface area contributed by atoms with Gasteiger partial charge < -0.3 is 21.0 Å². The summed E-state index contributed by atoms with van der Waals surface area (Å²) < 4.78 is 4.03. The number of nitrogens with one attached hydrogen (secondary N) is 1. The Morgan fingerprint density at radius 1 is 1.37 bits per heavy atom. The first kappa shape index (κ1) is 20.6. The molecule has 2 fully saturated rings. The van der Waals surface area contributed by atoms with Gasteiger partial charge in [0.2, 0.25) is 11.5 Å². The highest BCUT2D eigenvalue weighted by Gasteiger charge is 2.54. The number of hydrogen-bond donors (Lipinski definition) is 3. The van der Waals surface area contributed by atoms with Gasteiger partial charge in [0.05, 0.1) is 0 Å². The standard InChI is InChI=1S/C17H20N6O5S2/c1-7-6-29-15-10(14(25)23(15)11(7)16(26)27)19-13(24)9(12-20-17(18)30-22-12)21-28-8-4-2-3-5-8/h8,10,15H,2-6H2,1H3,(H,19,24)(H,26,27)(H2,18,20,22)/t10?,15-/m1/s1. The van der Waals surface area contributed by atoms with E-state index < -0.39 is 29.2 Å². The van der Waals surface area contributed by atoms with Crippen LogP contribution < -0.4 is 11.1 Å². The Labute approximate surface area is 179 Å². The number of β-lactam (4-membered cyclic amide) rings is 1. The van der Waals surface area contributed by atoms with E-state index in [9.17, 15) is 19.5 Å². The number of aliphatic carboxylic acids is 1. The van der Waals surface area contributed by atoms with Crippen LogP contribution >= 0.6 is 23.3 Å². The van der Waals surface area contributed by atoms with Crippen LogP contribution in [0.15, 0.2) is 16.4 Å². The molecule has 1 aromatic heterocycles. The normalized spacial score (nSPS) is 24.5. The van der Waals surface area contributed by atoms with Crippen LogP contribution in [-0.2, 0) is 19.2 Å². The van der Waals surface area contributed by atoms with E-state index in [4.69, 9.17) is 10.6 Å². The number of carbonyl (C=O) groups is 3. The summed E-state index contributed by atoms with van der Waals surface area (Å²) in [5, 5.41) is 15.7. The van der Waals surface area contributed by atoms with Gasteiger partial charge in [-0.2, -0.15) is 9.36 Å². The van der Waals surface area contributed by atoms with E-state index in [1.165, 1.54) is 16.7 Å². The molecular weight excluding hydrogens is 432 g/mol. The molecule has 0 radical (unpaired) electrons. The third-order valence-electron chi connectivity index (χ3n) is 5.11. The molecule has 1 aromatic rings. The fourth-order valence-corrected chi connectivity index (χ4v) is 5.35. The highest BCUT2D eigenvalue weighted by atomic mass is 32.2. The van der Waals surface area contributed by atoms with Crippen molar-refractivity contribution in [1.82, 2.24) is 19.6 Å². The molecule has 30 heavy (non-hydrogen) atoms. The molecule has 11 nitrogen and oxygen atoms in total. The van der Waals surface area contributed by atoms with Crippen molar-refractivity contribution in [3.05, 3.63) is 17.1 Å². The average Bonchev–Trinajstić information content (AvgIpc) is 3.37. The zero-order valence-corrected chi connectivity index (χ0v) is 17.7. The molecule has 13 heteroatoms. The summed E-state index contributed by atoms with van der Waals surface area (Å²) in [7, 11) is 0. The van der Waals surface area contributed by atoms with Gasteiger partial charge in [-0.25, -0.2) is 4.79 Å². The lowest BCUT2D eigenvalue weighted by Crippen LogP contribution is -2.71. The topological polar surface area (TPSA) is 160 Å². The van der Waals surface area contributed by atoms with E-state index in [2.05, 4.69) is 19.8 Å². The maximum atomic E-state index is 12.9. The lowest BCUT2D eigenvalue weighted by molar-refractivity contribution is -0.150. The van der Waals surface area contributed by atoms with Gasteiger partial charge in [0, 0.05) is 17.3 Å². The van der Waals surface area contributed by atoms with Crippen LogP contribution in [-0.4, -0.2) is 66.1 Å². The van der Waals surface area contributed by atoms with Crippen LogP contribution in [0.1, 0.15) is 38.4 Å². The van der Waals surface area contributed by atoms with E-state index in [0.717, 1.165) is 37.2 Å². The van der Waals surface area contributed by atoms with Crippen molar-refractivity contribution in [2.45, 2.75) is 50.1 Å². The van der Waals surface area contributed by atoms with E-state index in [1.807, 2.05) is 0 Å². The van der Waals surface area contributed by atoms with Gasteiger partial charge in [-0.1, -0.05) is 5.16 Å². The molecule has 1 aliphatic carbocycles. The molecule has 3 aliphatic rings. The largest absolute Gasteiger partial charge is 0.477 e. The predicted octanol–water partition coefficient (Wildman–Crippen LogP) is 0.542. The van der Waals surface area contributed by atoms with Crippen molar-refractivity contribution in [2.24, 2.45) is 5.16 Å². The number of carboxylic acid groups (broad SMARTS) is 1. The molecule has 2 amide bonds. The van der Waals surface area contributed by atoms with E-state index in [-0.39, 0.29) is 28.5 Å². The number of anilines is 1. The van der Waals surface area contributed by atoms with Crippen molar-refractivity contribution >= 4 is 51.9 Å². The van der Waals surface area contributed by atoms with Gasteiger partial charge in [-0.3, -0.25) is 14.5 Å². The first-order valence-corrected chi connectivity index (χ1v) is 11.2. The molecule has 0 bridgehead atoms. The number of aromatic nitrogens is 2. The molecule has 1 saturated heterocycles. The van der Waals surface area contributed by atoms with Gasteiger partial charge in [0.1, 0.15) is 23.2 Å². The summed E-state index contributed by atoms with van der Waals surface area (Å²) >= 11 is 2.31. The number of nitrogens with two attached hydrogens (primary N) is 1. The van der Waals surface area contributed by atoms with Crippen LogP contribution in [0.2, 0.25) is 0 Å². The second-order valence-electron chi connectivity index (χ2n) is 7.20. The van der Waals surface area contributed by atoms with Gasteiger partial charge in [0.25, 0.3) is 11.8 Å². The van der Waals surface area contributed by atoms with Crippen LogP contribution in [0.5, 0.6) is 0 Å². The third kappa shape index (κ3) is 3.74. The minimum atomic E-state index is -1.16. The second kappa shape index (κ2) is 8.22. The smallest absolute Gasteiger partial charge is 0.352 e. The van der Waals surface area contributed by atoms with Crippen LogP contribution in [0, 0.1) is 0 Å². The molecule has 4 N–H and O–H groups in total. The Kier molecular flexibility index (Phi) is 5.64. The summed E-state index contributed by atoms with van der Waals surface area (Å²) in [6.07, 6.45) is 3.69. The fraction of sp³-hybridized carbons (Fsp3) is 0.529. The number of nitrogens with zero attached hydrogens (tertiary/aromatic N) is 4. The number of carbonyl (C=O) groups excluding carboxylic acids is 2. The van der Waals surface area contributed by atoms with Gasteiger partial charge in [-0.05, 0) is 38.2 Å². The summed E-state index contributed by atoms with van der Waals surface area (Å²) in [5.74, 6) is -1.84. The highest BCUT2D eigenvalue weighted by molar-refractivity contribution is 8.00. The van der Waals surface area contributed by atoms with Crippen molar-refractivity contribution in [1.29, 1.82) is 0 Å². The molecule has 1 unspecified atom stereocenters. The lowest BCUT2D eigenvalue weighted by atomic mass is 10.0. The van der Waals surface area contributed by atoms with E-state index in [1.54, 1.807) is 6.92 Å². The summed E-state index contributed by atoms with van der Waals surface area (Å²) in [6.45, 7) is 1.68. The Hall–Kier alpha value is -2.67. The van der Waals surface area contributed by atoms with Crippen LogP contribution in [0.25, 0.3) is 0 Å². The van der Waals surface area contributed by atoms with Crippen LogP contribution in [0.4, 0.5) is 5.13 Å². The second-order valence-corrected chi connectivity index (χ2v) is 9.09. The van der Waals surface area contributed by atoms with Crippen LogP contribution in [0.3, 0.4) is 0 Å². The molecule has 0 aromatic carbocycles. The van der Waals surface area contributed by atoms with Crippen molar-refractivity contribution in [2.75, 3.05) is 11.5 Å². The monoisotopic (exact) mass is 452 g/mol. The fourth-order valence-electron chi connectivity index (χ4n) is 3.62. The zero-order valence-electron chi connectivity index (χ0n) is 16.0. The van der Waals surface area contributed by atoms with Gasteiger partial charge >= 0.3 is 5.97 Å². The minimum Gasteiger partial charge on any atom is -0.477 e. The SMILES string of the molecule is CC1=C(C(=O)O)N2C(=O)C(NC(=O)C(=NOC3CCCC3)c3nsc(N)n3)[C@H]2SC1. The summed E-state index contributed by atoms with van der Waals surface area (Å²) in [4.78, 5) is 47.8.